The Morgan fingerprint density at radius 2 is 1.90 bits per heavy atom. The number of rotatable bonds is 12. The zero-order valence-corrected chi connectivity index (χ0v) is 12.6. The molecule has 2 N–H and O–H groups in total. The molecule has 1 rings (SSSR count). The van der Waals surface area contributed by atoms with Gasteiger partial charge in [0.05, 0.1) is 45.1 Å². The summed E-state index contributed by atoms with van der Waals surface area (Å²) in [6, 6.07) is 0.193. The first-order valence-electron chi connectivity index (χ1n) is 7.17. The summed E-state index contributed by atoms with van der Waals surface area (Å²) < 4.78 is 17.7. The fraction of sp³-hybridized carbons (Fsp3) is 0.786. The van der Waals surface area contributed by atoms with Crippen LogP contribution < -0.4 is 5.73 Å². The molecule has 0 saturated carbocycles. The number of methoxy groups -OCH3 is 1. The van der Waals surface area contributed by atoms with Gasteiger partial charge in [0.2, 0.25) is 0 Å². The Morgan fingerprint density at radius 3 is 2.60 bits per heavy atom. The zero-order chi connectivity index (χ0) is 14.6. The van der Waals surface area contributed by atoms with E-state index in [1.165, 1.54) is 0 Å². The Hall–Kier alpha value is -0.950. The fourth-order valence-electron chi connectivity index (χ4n) is 1.68. The number of nitrogens with zero attached hydrogens (tertiary/aromatic N) is 2. The van der Waals surface area contributed by atoms with Gasteiger partial charge in [-0.3, -0.25) is 0 Å². The molecule has 1 aromatic rings. The molecule has 0 fully saturated rings. The van der Waals surface area contributed by atoms with E-state index in [4.69, 9.17) is 19.9 Å². The maximum Gasteiger partial charge on any atom is 0.0950 e. The van der Waals surface area contributed by atoms with Gasteiger partial charge in [0.1, 0.15) is 0 Å². The lowest BCUT2D eigenvalue weighted by molar-refractivity contribution is 0.0230. The van der Waals surface area contributed by atoms with Crippen molar-refractivity contribution in [1.29, 1.82) is 0 Å². The molecule has 0 aliphatic heterocycles. The Balaban J connectivity index is 2.04. The van der Waals surface area contributed by atoms with Gasteiger partial charge in [0.25, 0.3) is 0 Å². The van der Waals surface area contributed by atoms with Gasteiger partial charge in [-0.1, -0.05) is 6.92 Å². The number of hydrogen-bond acceptors (Lipinski definition) is 5. The molecule has 1 atom stereocenters. The highest BCUT2D eigenvalue weighted by atomic mass is 16.5. The minimum absolute atomic E-state index is 0.193. The molecule has 6 nitrogen and oxygen atoms in total. The van der Waals surface area contributed by atoms with Crippen LogP contribution in [0.2, 0.25) is 0 Å². The molecular weight excluding hydrogens is 258 g/mol. The molecule has 0 aliphatic rings. The minimum Gasteiger partial charge on any atom is -0.382 e. The maximum absolute atomic E-state index is 5.91. The Kier molecular flexibility index (Phi) is 9.23. The molecule has 20 heavy (non-hydrogen) atoms. The van der Waals surface area contributed by atoms with Crippen LogP contribution >= 0.6 is 0 Å². The van der Waals surface area contributed by atoms with Gasteiger partial charge in [0, 0.05) is 32.3 Å². The maximum atomic E-state index is 5.91. The number of aromatic nitrogens is 2. The van der Waals surface area contributed by atoms with Crippen LogP contribution in [0.25, 0.3) is 0 Å². The lowest BCUT2D eigenvalue weighted by Gasteiger charge is -2.06. The highest BCUT2D eigenvalue weighted by Crippen LogP contribution is 2.02. The molecule has 0 amide bonds. The molecule has 0 aliphatic carbocycles. The van der Waals surface area contributed by atoms with Crippen molar-refractivity contribution in [3.63, 3.8) is 0 Å². The van der Waals surface area contributed by atoms with Crippen LogP contribution in [0.3, 0.4) is 0 Å². The van der Waals surface area contributed by atoms with Crippen molar-refractivity contribution in [3.05, 3.63) is 18.2 Å². The second-order valence-electron chi connectivity index (χ2n) is 4.69. The Labute approximate surface area is 121 Å². The summed E-state index contributed by atoms with van der Waals surface area (Å²) in [5.74, 6) is 0. The van der Waals surface area contributed by atoms with E-state index in [-0.39, 0.29) is 6.04 Å². The molecule has 0 radical (unpaired) electrons. The summed E-state index contributed by atoms with van der Waals surface area (Å²) in [7, 11) is 1.66. The first-order valence-corrected chi connectivity index (χ1v) is 7.17. The van der Waals surface area contributed by atoms with Gasteiger partial charge in [-0.15, -0.1) is 0 Å². The molecule has 0 spiro atoms. The van der Waals surface area contributed by atoms with Crippen LogP contribution in [0, 0.1) is 0 Å². The van der Waals surface area contributed by atoms with E-state index in [1.54, 1.807) is 7.11 Å². The molecule has 0 bridgehead atoms. The predicted molar refractivity (Wildman–Crippen MR) is 77.7 cm³/mol. The van der Waals surface area contributed by atoms with Gasteiger partial charge in [-0.25, -0.2) is 4.98 Å². The largest absolute Gasteiger partial charge is 0.382 e. The van der Waals surface area contributed by atoms with Crippen molar-refractivity contribution in [1.82, 2.24) is 9.55 Å². The molecule has 1 heterocycles. The highest BCUT2D eigenvalue weighted by molar-refractivity contribution is 4.99. The van der Waals surface area contributed by atoms with E-state index in [0.29, 0.717) is 33.0 Å². The smallest absolute Gasteiger partial charge is 0.0950 e. The van der Waals surface area contributed by atoms with Crippen LogP contribution in [-0.2, 0) is 27.2 Å². The Morgan fingerprint density at radius 1 is 1.20 bits per heavy atom. The zero-order valence-electron chi connectivity index (χ0n) is 12.6. The van der Waals surface area contributed by atoms with E-state index >= 15 is 0 Å². The number of ether oxygens (including phenoxy) is 3. The van der Waals surface area contributed by atoms with Crippen LogP contribution in [0.15, 0.2) is 12.5 Å². The van der Waals surface area contributed by atoms with Crippen molar-refractivity contribution in [3.8, 4) is 0 Å². The van der Waals surface area contributed by atoms with Gasteiger partial charge < -0.3 is 24.5 Å². The summed E-state index contributed by atoms with van der Waals surface area (Å²) >= 11 is 0. The van der Waals surface area contributed by atoms with Crippen LogP contribution in [-0.4, -0.2) is 55.7 Å². The third-order valence-electron chi connectivity index (χ3n) is 2.98. The second-order valence-corrected chi connectivity index (χ2v) is 4.69. The lowest BCUT2D eigenvalue weighted by atomic mass is 10.1. The lowest BCUT2D eigenvalue weighted by Crippen LogP contribution is -2.21. The first-order chi connectivity index (χ1) is 9.76. The van der Waals surface area contributed by atoms with Crippen molar-refractivity contribution in [2.24, 2.45) is 5.73 Å². The summed E-state index contributed by atoms with van der Waals surface area (Å²) in [5.41, 5.74) is 6.95. The van der Waals surface area contributed by atoms with E-state index < -0.39 is 0 Å². The monoisotopic (exact) mass is 285 g/mol. The minimum atomic E-state index is 0.193. The summed E-state index contributed by atoms with van der Waals surface area (Å²) in [6.07, 6.45) is 5.67. The van der Waals surface area contributed by atoms with Crippen molar-refractivity contribution >= 4 is 0 Å². The van der Waals surface area contributed by atoms with Gasteiger partial charge in [0.15, 0.2) is 0 Å². The van der Waals surface area contributed by atoms with Gasteiger partial charge in [-0.2, -0.15) is 0 Å². The van der Waals surface area contributed by atoms with E-state index in [0.717, 1.165) is 25.1 Å². The summed E-state index contributed by atoms with van der Waals surface area (Å²) in [6.45, 7) is 5.98. The summed E-state index contributed by atoms with van der Waals surface area (Å²) in [4.78, 5) is 4.34. The molecule has 116 valence electrons. The SMILES string of the molecule is CCC(N)Cc1cn(CCOCCOCCOC)cn1. The normalized spacial score (nSPS) is 12.8. The van der Waals surface area contributed by atoms with E-state index in [2.05, 4.69) is 11.9 Å². The topological polar surface area (TPSA) is 71.5 Å². The summed E-state index contributed by atoms with van der Waals surface area (Å²) in [5, 5.41) is 0. The third-order valence-corrected chi connectivity index (χ3v) is 2.98. The number of hydrogen-bond donors (Lipinski definition) is 1. The Bertz CT molecular complexity index is 344. The van der Waals surface area contributed by atoms with Crippen molar-refractivity contribution in [2.75, 3.05) is 40.1 Å². The average Bonchev–Trinajstić information content (AvgIpc) is 2.89. The quantitative estimate of drug-likeness (QED) is 0.576. The van der Waals surface area contributed by atoms with Crippen LogP contribution in [0.1, 0.15) is 19.0 Å². The van der Waals surface area contributed by atoms with Crippen LogP contribution in [0.5, 0.6) is 0 Å². The second kappa shape index (κ2) is 10.8. The van der Waals surface area contributed by atoms with E-state index in [1.807, 2.05) is 17.1 Å². The molecular formula is C14H27N3O3. The van der Waals surface area contributed by atoms with Crippen molar-refractivity contribution in [2.45, 2.75) is 32.4 Å². The number of nitrogens with two attached hydrogens (primary N) is 1. The van der Waals surface area contributed by atoms with Crippen LogP contribution in [0.4, 0.5) is 0 Å². The van der Waals surface area contributed by atoms with Crippen molar-refractivity contribution < 1.29 is 14.2 Å². The molecule has 0 saturated heterocycles. The first kappa shape index (κ1) is 17.1. The average molecular weight is 285 g/mol. The molecule has 6 heteroatoms. The predicted octanol–water partition coefficient (Wildman–Crippen LogP) is 0.843. The number of imidazole rings is 1. The van der Waals surface area contributed by atoms with Gasteiger partial charge in [-0.05, 0) is 6.42 Å². The molecule has 0 aromatic carbocycles. The molecule has 1 aromatic heterocycles. The standard InChI is InChI=1S/C14H27N3O3/c1-3-13(15)10-14-11-17(12-16-14)4-5-19-8-9-20-7-6-18-2/h11-13H,3-10,15H2,1-2H3. The third kappa shape index (κ3) is 7.59. The fourth-order valence-corrected chi connectivity index (χ4v) is 1.68. The molecule has 1 unspecified atom stereocenters. The van der Waals surface area contributed by atoms with E-state index in [9.17, 15) is 0 Å². The van der Waals surface area contributed by atoms with Gasteiger partial charge >= 0.3 is 0 Å². The highest BCUT2D eigenvalue weighted by Gasteiger charge is 2.04.